The number of H-pyrrole nitrogens is 1. The van der Waals surface area contributed by atoms with E-state index in [-0.39, 0.29) is 3.70 Å². The summed E-state index contributed by atoms with van der Waals surface area (Å²) in [5.41, 5.74) is -2.13. The van der Waals surface area contributed by atoms with Gasteiger partial charge in [0.2, 0.25) is 0 Å². The molecule has 15 heavy (non-hydrogen) atoms. The van der Waals surface area contributed by atoms with Crippen LogP contribution in [-0.4, -0.2) is 18.1 Å². The molecule has 1 aromatic heterocycles. The molecule has 1 aromatic rings. The van der Waals surface area contributed by atoms with Crippen LogP contribution in [0.3, 0.4) is 0 Å². The largest absolute Gasteiger partial charge is 0.465 e. The van der Waals surface area contributed by atoms with Crippen molar-refractivity contribution in [3.05, 3.63) is 31.2 Å². The number of rotatable bonds is 2. The second-order valence-corrected chi connectivity index (χ2v) is 3.72. The topological polar surface area (TPSA) is 59.2 Å². The number of nitrogens with one attached hydrogen (secondary N) is 1. The SMILES string of the molecule is COC(=O)c1c(C(F)F)[nH]c(I)cc1=O. The number of halogens is 3. The Balaban J connectivity index is 3.47. The van der Waals surface area contributed by atoms with Crippen molar-refractivity contribution in [2.75, 3.05) is 7.11 Å². The number of aromatic amines is 1. The first kappa shape index (κ1) is 12.1. The van der Waals surface area contributed by atoms with E-state index >= 15 is 0 Å². The third kappa shape index (κ3) is 2.52. The van der Waals surface area contributed by atoms with Crippen molar-refractivity contribution in [3.8, 4) is 0 Å². The van der Waals surface area contributed by atoms with Crippen LogP contribution in [0.25, 0.3) is 0 Å². The number of methoxy groups -OCH3 is 1. The lowest BCUT2D eigenvalue weighted by Gasteiger charge is -2.06. The van der Waals surface area contributed by atoms with Gasteiger partial charge < -0.3 is 9.72 Å². The van der Waals surface area contributed by atoms with Crippen LogP contribution in [-0.2, 0) is 4.74 Å². The summed E-state index contributed by atoms with van der Waals surface area (Å²) in [7, 11) is 1.02. The van der Waals surface area contributed by atoms with Gasteiger partial charge in [0.25, 0.3) is 6.43 Å². The maximum atomic E-state index is 12.5. The van der Waals surface area contributed by atoms with E-state index in [4.69, 9.17) is 0 Å². The van der Waals surface area contributed by atoms with E-state index in [0.717, 1.165) is 13.2 Å². The molecule has 0 spiro atoms. The smallest absolute Gasteiger partial charge is 0.343 e. The summed E-state index contributed by atoms with van der Waals surface area (Å²) in [6.45, 7) is 0. The highest BCUT2D eigenvalue weighted by atomic mass is 127. The van der Waals surface area contributed by atoms with E-state index in [1.807, 2.05) is 0 Å². The molecule has 0 aliphatic carbocycles. The van der Waals surface area contributed by atoms with Crippen molar-refractivity contribution >= 4 is 28.6 Å². The zero-order chi connectivity index (χ0) is 11.6. The van der Waals surface area contributed by atoms with Gasteiger partial charge in [-0.1, -0.05) is 0 Å². The minimum atomic E-state index is -2.93. The van der Waals surface area contributed by atoms with E-state index in [2.05, 4.69) is 9.72 Å². The molecule has 0 saturated heterocycles. The normalized spacial score (nSPS) is 10.5. The lowest BCUT2D eigenvalue weighted by molar-refractivity contribution is 0.0585. The van der Waals surface area contributed by atoms with Crippen LogP contribution >= 0.6 is 22.6 Å². The number of hydrogen-bond donors (Lipinski definition) is 1. The lowest BCUT2D eigenvalue weighted by Crippen LogP contribution is -2.21. The molecule has 0 aromatic carbocycles. The fourth-order valence-corrected chi connectivity index (χ4v) is 1.60. The number of ether oxygens (including phenoxy) is 1. The van der Waals surface area contributed by atoms with Crippen LogP contribution in [0.4, 0.5) is 8.78 Å². The predicted octanol–water partition coefficient (Wildman–Crippen LogP) is 1.70. The summed E-state index contributed by atoms with van der Waals surface area (Å²) in [5.74, 6) is -1.07. The second kappa shape index (κ2) is 4.69. The van der Waals surface area contributed by atoms with E-state index in [0.29, 0.717) is 0 Å². The highest BCUT2D eigenvalue weighted by molar-refractivity contribution is 14.1. The van der Waals surface area contributed by atoms with Gasteiger partial charge in [-0.15, -0.1) is 0 Å². The summed E-state index contributed by atoms with van der Waals surface area (Å²) in [6.07, 6.45) is -2.93. The Labute approximate surface area is 96.8 Å². The van der Waals surface area contributed by atoms with E-state index in [9.17, 15) is 18.4 Å². The van der Waals surface area contributed by atoms with Gasteiger partial charge in [0.15, 0.2) is 5.43 Å². The maximum absolute atomic E-state index is 12.5. The predicted molar refractivity (Wildman–Crippen MR) is 56.1 cm³/mol. The molecule has 0 radical (unpaired) electrons. The Bertz CT molecular complexity index is 444. The van der Waals surface area contributed by atoms with Gasteiger partial charge in [0.1, 0.15) is 11.3 Å². The first-order valence-electron chi connectivity index (χ1n) is 3.76. The zero-order valence-electron chi connectivity index (χ0n) is 7.51. The number of aromatic nitrogens is 1. The lowest BCUT2D eigenvalue weighted by atomic mass is 10.2. The molecule has 82 valence electrons. The Morgan fingerprint density at radius 2 is 2.20 bits per heavy atom. The van der Waals surface area contributed by atoms with Crippen molar-refractivity contribution in [2.45, 2.75) is 6.43 Å². The Kier molecular flexibility index (Phi) is 3.77. The summed E-state index contributed by atoms with van der Waals surface area (Å²) in [4.78, 5) is 24.7. The second-order valence-electron chi connectivity index (χ2n) is 2.56. The van der Waals surface area contributed by atoms with Crippen molar-refractivity contribution in [1.82, 2.24) is 4.98 Å². The Morgan fingerprint density at radius 3 is 2.67 bits per heavy atom. The van der Waals surface area contributed by atoms with Crippen LogP contribution in [0.5, 0.6) is 0 Å². The van der Waals surface area contributed by atoms with Crippen molar-refractivity contribution in [3.63, 3.8) is 0 Å². The number of carbonyl (C=O) groups is 1. The monoisotopic (exact) mass is 329 g/mol. The van der Waals surface area contributed by atoms with E-state index < -0.39 is 29.1 Å². The van der Waals surface area contributed by atoms with E-state index in [1.165, 1.54) is 0 Å². The van der Waals surface area contributed by atoms with Crippen molar-refractivity contribution in [2.24, 2.45) is 0 Å². The summed E-state index contributed by atoms with van der Waals surface area (Å²) < 4.78 is 29.5. The quantitative estimate of drug-likeness (QED) is 0.510. The van der Waals surface area contributed by atoms with Crippen LogP contribution in [0.2, 0.25) is 0 Å². The molecule has 4 nitrogen and oxygen atoms in total. The molecule has 7 heteroatoms. The molecule has 1 N–H and O–H groups in total. The van der Waals surface area contributed by atoms with Gasteiger partial charge in [-0.3, -0.25) is 4.79 Å². The number of alkyl halides is 2. The highest BCUT2D eigenvalue weighted by Crippen LogP contribution is 2.19. The van der Waals surface area contributed by atoms with Crippen LogP contribution in [0.1, 0.15) is 22.5 Å². The molecule has 0 aliphatic heterocycles. The molecular weight excluding hydrogens is 323 g/mol. The standard InChI is InChI=1S/C8H6F2INO3/c1-15-8(14)5-3(13)2-4(11)12-6(5)7(9)10/h2,7H,1H3,(H,12,13). The third-order valence-corrected chi connectivity index (χ3v) is 2.22. The van der Waals surface area contributed by atoms with Gasteiger partial charge in [0.05, 0.1) is 10.8 Å². The molecule has 0 saturated carbocycles. The molecule has 0 bridgehead atoms. The minimum Gasteiger partial charge on any atom is -0.465 e. The van der Waals surface area contributed by atoms with Crippen molar-refractivity contribution < 1.29 is 18.3 Å². The molecular formula is C8H6F2INO3. The average Bonchev–Trinajstić information content (AvgIpc) is 2.15. The first-order valence-corrected chi connectivity index (χ1v) is 4.84. The molecule has 1 rings (SSSR count). The van der Waals surface area contributed by atoms with Crippen molar-refractivity contribution in [1.29, 1.82) is 0 Å². The number of esters is 1. The molecule has 0 amide bonds. The van der Waals surface area contributed by atoms with Crippen LogP contribution in [0, 0.1) is 3.70 Å². The zero-order valence-corrected chi connectivity index (χ0v) is 9.67. The highest BCUT2D eigenvalue weighted by Gasteiger charge is 2.23. The van der Waals surface area contributed by atoms with Gasteiger partial charge in [-0.25, -0.2) is 13.6 Å². The fourth-order valence-electron chi connectivity index (χ4n) is 1.02. The van der Waals surface area contributed by atoms with Crippen LogP contribution in [0.15, 0.2) is 10.9 Å². The van der Waals surface area contributed by atoms with Gasteiger partial charge in [0, 0.05) is 6.07 Å². The molecule has 0 fully saturated rings. The third-order valence-electron chi connectivity index (χ3n) is 1.64. The first-order chi connectivity index (χ1) is 6.97. The average molecular weight is 329 g/mol. The maximum Gasteiger partial charge on any atom is 0.343 e. The molecule has 0 aliphatic rings. The number of hydrogen-bond acceptors (Lipinski definition) is 3. The summed E-state index contributed by atoms with van der Waals surface area (Å²) in [5, 5.41) is 0. The van der Waals surface area contributed by atoms with Gasteiger partial charge >= 0.3 is 5.97 Å². The summed E-state index contributed by atoms with van der Waals surface area (Å²) in [6, 6.07) is 1.05. The molecule has 1 heterocycles. The molecule has 0 unspecified atom stereocenters. The Hall–Kier alpha value is -0.990. The number of carbonyl (C=O) groups excluding carboxylic acids is 1. The Morgan fingerprint density at radius 1 is 1.60 bits per heavy atom. The number of pyridine rings is 1. The van der Waals surface area contributed by atoms with Gasteiger partial charge in [-0.05, 0) is 22.6 Å². The van der Waals surface area contributed by atoms with Crippen LogP contribution < -0.4 is 5.43 Å². The summed E-state index contributed by atoms with van der Waals surface area (Å²) >= 11 is 1.68. The molecule has 0 atom stereocenters. The van der Waals surface area contributed by atoms with Gasteiger partial charge in [-0.2, -0.15) is 0 Å². The van der Waals surface area contributed by atoms with E-state index in [1.54, 1.807) is 22.6 Å². The fraction of sp³-hybridized carbons (Fsp3) is 0.250. The minimum absolute atomic E-state index is 0.237.